The van der Waals surface area contributed by atoms with Gasteiger partial charge in [0.2, 0.25) is 17.5 Å². The predicted octanol–water partition coefficient (Wildman–Crippen LogP) is 4.63. The molecule has 2 N–H and O–H groups in total. The Kier molecular flexibility index (Phi) is 10.4. The normalized spacial score (nSPS) is 23.7. The van der Waals surface area contributed by atoms with Crippen molar-refractivity contribution in [2.75, 3.05) is 55.6 Å². The molecule has 4 aliphatic heterocycles. The zero-order valence-electron chi connectivity index (χ0n) is 35.4. The molecule has 1 saturated carbocycles. The number of nitrogens with zero attached hydrogens (tertiary/aromatic N) is 8. The second kappa shape index (κ2) is 15.8. The Morgan fingerprint density at radius 1 is 0.871 bits per heavy atom. The number of ether oxygens (including phenoxy) is 1. The number of carbonyl (C=O) groups excluding carboxylic acids is 5. The van der Waals surface area contributed by atoms with Crippen LogP contribution in [0.2, 0.25) is 0 Å². The molecule has 6 heterocycles. The average Bonchev–Trinajstić information content (AvgIpc) is 3.52. The summed E-state index contributed by atoms with van der Waals surface area (Å²) in [6, 6.07) is 11.4. The molecule has 3 saturated heterocycles. The van der Waals surface area contributed by atoms with E-state index < -0.39 is 40.5 Å². The van der Waals surface area contributed by atoms with Gasteiger partial charge in [0.1, 0.15) is 29.4 Å². The van der Waals surface area contributed by atoms with Gasteiger partial charge in [-0.15, -0.1) is 0 Å². The Hall–Kier alpha value is -6.47. The topological polar surface area (TPSA) is 175 Å². The van der Waals surface area contributed by atoms with Crippen LogP contribution in [0.3, 0.4) is 0 Å². The highest BCUT2D eigenvalue weighted by Crippen LogP contribution is 2.56. The Morgan fingerprint density at radius 3 is 2.31 bits per heavy atom. The van der Waals surface area contributed by atoms with Crippen molar-refractivity contribution in [3.63, 3.8) is 0 Å². The molecule has 4 aromatic rings. The Labute approximate surface area is 359 Å². The Bertz CT molecular complexity index is 2500. The van der Waals surface area contributed by atoms with Crippen LogP contribution in [0.4, 0.5) is 17.2 Å². The second-order valence-electron chi connectivity index (χ2n) is 18.3. The summed E-state index contributed by atoms with van der Waals surface area (Å²) in [6.07, 6.45) is 6.95. The number of fused-ring (bicyclic) bond motifs is 2. The van der Waals surface area contributed by atoms with Crippen molar-refractivity contribution in [3.8, 4) is 5.75 Å². The van der Waals surface area contributed by atoms with Crippen LogP contribution in [0.15, 0.2) is 61.1 Å². The smallest absolute Gasteiger partial charge is 0.271 e. The molecule has 0 bridgehead atoms. The summed E-state index contributed by atoms with van der Waals surface area (Å²) in [5, 5.41) is 6.25. The van der Waals surface area contributed by atoms with Crippen molar-refractivity contribution >= 4 is 57.6 Å². The summed E-state index contributed by atoms with van der Waals surface area (Å²) < 4.78 is 6.64. The van der Waals surface area contributed by atoms with Crippen LogP contribution in [0.1, 0.15) is 84.6 Å². The number of carbonyl (C=O) groups is 5. The number of nitrogens with one attached hydrogen (secondary N) is 2. The maximum Gasteiger partial charge on any atom is 0.271 e. The summed E-state index contributed by atoms with van der Waals surface area (Å²) in [5.74, 6) is -0.323. The SMILES string of the molecule is [C-]#[N+]c1ccc(OC2C(C)(C)C(NC(=O)c3cnc(N4CCC(CN5CCN(c6ccc7c(c6)C(=O)N(C6CCC(=O)NC6=O)C7=O)CC5)CC4)cn3)C2(C)C)c2cccnc12. The number of piperidine rings is 2. The van der Waals surface area contributed by atoms with E-state index >= 15 is 0 Å². The van der Waals surface area contributed by atoms with E-state index in [1.165, 1.54) is 0 Å². The fourth-order valence-corrected chi connectivity index (χ4v) is 10.6. The number of benzene rings is 2. The number of hydrogen-bond acceptors (Lipinski definition) is 12. The van der Waals surface area contributed by atoms with E-state index in [1.807, 2.05) is 24.3 Å². The second-order valence-corrected chi connectivity index (χ2v) is 18.3. The molecular weight excluding hydrogens is 789 g/mol. The Morgan fingerprint density at radius 2 is 1.61 bits per heavy atom. The zero-order chi connectivity index (χ0) is 43.5. The van der Waals surface area contributed by atoms with Crippen molar-refractivity contribution in [2.24, 2.45) is 16.7 Å². The number of aromatic nitrogens is 3. The number of hydrogen-bond donors (Lipinski definition) is 2. The van der Waals surface area contributed by atoms with Crippen LogP contribution in [0.5, 0.6) is 5.75 Å². The molecule has 2 aromatic carbocycles. The lowest BCUT2D eigenvalue weighted by atomic mass is 9.49. The molecule has 4 fully saturated rings. The van der Waals surface area contributed by atoms with Gasteiger partial charge in [0.15, 0.2) is 0 Å². The molecule has 0 spiro atoms. The maximum atomic E-state index is 13.5. The minimum atomic E-state index is -0.982. The van der Waals surface area contributed by atoms with Gasteiger partial charge in [-0.25, -0.2) is 14.8 Å². The summed E-state index contributed by atoms with van der Waals surface area (Å²) in [5.41, 5.74) is 1.99. The Balaban J connectivity index is 0.740. The van der Waals surface area contributed by atoms with E-state index in [2.05, 4.69) is 72.8 Å². The molecule has 2 aromatic heterocycles. The third kappa shape index (κ3) is 7.17. The number of pyridine rings is 1. The van der Waals surface area contributed by atoms with Crippen molar-refractivity contribution in [1.29, 1.82) is 0 Å². The molecule has 1 aliphatic carbocycles. The van der Waals surface area contributed by atoms with Gasteiger partial charge in [0.25, 0.3) is 17.7 Å². The first-order chi connectivity index (χ1) is 29.7. The van der Waals surface area contributed by atoms with Crippen molar-refractivity contribution in [3.05, 3.63) is 89.3 Å². The highest BCUT2D eigenvalue weighted by molar-refractivity contribution is 6.23. The van der Waals surface area contributed by atoms with Gasteiger partial charge in [-0.1, -0.05) is 33.8 Å². The van der Waals surface area contributed by atoms with Gasteiger partial charge in [0.05, 0.1) is 35.6 Å². The number of piperazine rings is 1. The first-order valence-electron chi connectivity index (χ1n) is 21.4. The van der Waals surface area contributed by atoms with Gasteiger partial charge in [-0.2, -0.15) is 0 Å². The number of amides is 5. The molecule has 62 heavy (non-hydrogen) atoms. The molecule has 16 heteroatoms. The molecule has 5 amide bonds. The van der Waals surface area contributed by atoms with Crippen LogP contribution in [0.25, 0.3) is 15.7 Å². The monoisotopic (exact) mass is 838 g/mol. The summed E-state index contributed by atoms with van der Waals surface area (Å²) in [6.45, 7) is 21.9. The van der Waals surface area contributed by atoms with Gasteiger partial charge in [-0.05, 0) is 61.6 Å². The average molecular weight is 839 g/mol. The molecule has 320 valence electrons. The van der Waals surface area contributed by atoms with E-state index in [1.54, 1.807) is 36.8 Å². The summed E-state index contributed by atoms with van der Waals surface area (Å²) >= 11 is 0. The van der Waals surface area contributed by atoms with Crippen LogP contribution in [-0.4, -0.2) is 118 Å². The van der Waals surface area contributed by atoms with Gasteiger partial charge >= 0.3 is 0 Å². The molecule has 0 radical (unpaired) electrons. The van der Waals surface area contributed by atoms with E-state index in [0.29, 0.717) is 28.4 Å². The number of anilines is 2. The zero-order valence-corrected chi connectivity index (χ0v) is 35.4. The van der Waals surface area contributed by atoms with Crippen molar-refractivity contribution < 1.29 is 28.7 Å². The molecule has 1 unspecified atom stereocenters. The van der Waals surface area contributed by atoms with E-state index in [9.17, 15) is 24.0 Å². The first kappa shape index (κ1) is 40.9. The molecule has 9 rings (SSSR count). The number of imide groups is 2. The van der Waals surface area contributed by atoms with E-state index in [-0.39, 0.29) is 42.2 Å². The van der Waals surface area contributed by atoms with Gasteiger partial charge < -0.3 is 19.9 Å². The quantitative estimate of drug-likeness (QED) is 0.177. The lowest BCUT2D eigenvalue weighted by Crippen LogP contribution is -2.74. The summed E-state index contributed by atoms with van der Waals surface area (Å²) in [7, 11) is 0. The third-order valence-corrected chi connectivity index (χ3v) is 13.7. The lowest BCUT2D eigenvalue weighted by Gasteiger charge is -2.63. The van der Waals surface area contributed by atoms with Gasteiger partial charge in [0, 0.05) is 86.4 Å². The number of rotatable bonds is 9. The highest BCUT2D eigenvalue weighted by Gasteiger charge is 2.64. The fraction of sp³-hybridized carbons (Fsp3) is 0.457. The third-order valence-electron chi connectivity index (χ3n) is 13.7. The van der Waals surface area contributed by atoms with Crippen molar-refractivity contribution in [1.82, 2.24) is 35.4 Å². The van der Waals surface area contributed by atoms with E-state index in [0.717, 1.165) is 80.4 Å². The maximum absolute atomic E-state index is 13.5. The molecular formula is C46H50N10O6. The van der Waals surface area contributed by atoms with Crippen LogP contribution in [0, 0.1) is 23.3 Å². The molecule has 16 nitrogen and oxygen atoms in total. The first-order valence-corrected chi connectivity index (χ1v) is 21.4. The minimum Gasteiger partial charge on any atom is -0.489 e. The molecule has 5 aliphatic rings. The van der Waals surface area contributed by atoms with Crippen molar-refractivity contribution in [2.45, 2.75) is 71.6 Å². The minimum absolute atomic E-state index is 0.0853. The fourth-order valence-electron chi connectivity index (χ4n) is 10.6. The van der Waals surface area contributed by atoms with Crippen LogP contribution in [-0.2, 0) is 9.59 Å². The summed E-state index contributed by atoms with van der Waals surface area (Å²) in [4.78, 5) is 89.3. The largest absolute Gasteiger partial charge is 0.489 e. The van der Waals surface area contributed by atoms with E-state index in [4.69, 9.17) is 11.3 Å². The van der Waals surface area contributed by atoms with Crippen LogP contribution >= 0.6 is 0 Å². The molecule has 1 atom stereocenters. The van der Waals surface area contributed by atoms with Crippen LogP contribution < -0.4 is 25.2 Å². The standard InChI is InChI=1S/C46H50N10O6/c1-45(2)43(46(3,4)44(45)62-35-12-10-32(47-5)38-30(35)7-6-16-48-38)52-39(58)33-24-50-36(25-49-33)55-17-14-27(15-18-55)26-53-19-21-54(22-20-53)28-8-9-29-31(23-28)42(61)56(41(29)60)34-11-13-37(57)51-40(34)59/h6-10,12,16,23-25,27,34,43-44H,11,13-15,17-22,26H2,1-4H3,(H,52,58)(H,51,57,59). The highest BCUT2D eigenvalue weighted by atomic mass is 16.5. The van der Waals surface area contributed by atoms with Gasteiger partial charge in [-0.3, -0.25) is 44.1 Å². The lowest BCUT2D eigenvalue weighted by molar-refractivity contribution is -0.163. The predicted molar refractivity (Wildman–Crippen MR) is 230 cm³/mol.